The van der Waals surface area contributed by atoms with Crippen LogP contribution in [0.15, 0.2) is 36.7 Å². The van der Waals surface area contributed by atoms with E-state index in [9.17, 15) is 13.2 Å². The van der Waals surface area contributed by atoms with Crippen molar-refractivity contribution in [1.29, 1.82) is 0 Å². The number of nitrogens with zero attached hydrogens (tertiary/aromatic N) is 2. The van der Waals surface area contributed by atoms with Gasteiger partial charge >= 0.3 is 0 Å². The normalized spacial score (nSPS) is 19.0. The first-order chi connectivity index (χ1) is 11.4. The summed E-state index contributed by atoms with van der Waals surface area (Å²) in [6.45, 7) is 0. The van der Waals surface area contributed by atoms with Gasteiger partial charge in [-0.25, -0.2) is 18.4 Å². The van der Waals surface area contributed by atoms with Gasteiger partial charge < -0.3 is 10.6 Å². The molecule has 1 fully saturated rings. The summed E-state index contributed by atoms with van der Waals surface area (Å²) in [5.74, 6) is 0.111. The topological polar surface area (TPSA) is 101 Å². The summed E-state index contributed by atoms with van der Waals surface area (Å²) in [4.78, 5) is 20.2. The lowest BCUT2D eigenvalue weighted by Crippen LogP contribution is -2.36. The number of rotatable bonds is 4. The van der Waals surface area contributed by atoms with E-state index in [2.05, 4.69) is 20.6 Å². The fourth-order valence-corrected chi connectivity index (χ4v) is 4.20. The van der Waals surface area contributed by atoms with Crippen LogP contribution in [0, 0.1) is 0 Å². The summed E-state index contributed by atoms with van der Waals surface area (Å²) in [5.41, 5.74) is 0.942. The number of amides is 1. The molecule has 0 radical (unpaired) electrons. The minimum atomic E-state index is -3.05. The number of nitrogens with one attached hydrogen (secondary N) is 2. The number of aromatic nitrogens is 2. The van der Waals surface area contributed by atoms with Crippen molar-refractivity contribution in [3.63, 3.8) is 0 Å². The Morgan fingerprint density at radius 1 is 1.21 bits per heavy atom. The van der Waals surface area contributed by atoms with E-state index >= 15 is 0 Å². The Morgan fingerprint density at radius 3 is 2.62 bits per heavy atom. The van der Waals surface area contributed by atoms with Gasteiger partial charge in [-0.3, -0.25) is 4.79 Å². The Labute approximate surface area is 144 Å². The lowest BCUT2D eigenvalue weighted by Gasteiger charge is -2.11. The zero-order chi connectivity index (χ0) is 17.2. The summed E-state index contributed by atoms with van der Waals surface area (Å²) in [5, 5.41) is 6.36. The van der Waals surface area contributed by atoms with Crippen LogP contribution >= 0.6 is 11.6 Å². The summed E-state index contributed by atoms with van der Waals surface area (Å²) in [7, 11) is -3.05. The Hall–Kier alpha value is -2.19. The summed E-state index contributed by atoms with van der Waals surface area (Å²) in [6, 6.07) is 8.18. The second-order valence-electron chi connectivity index (χ2n) is 5.49. The SMILES string of the molecule is O=C(NC1CCS(=O)(=O)C1)c1cc(Nc2ccc(Cl)cc2)ncn1. The molecule has 0 saturated carbocycles. The number of carbonyl (C=O) groups excluding carboxylic acids is 1. The lowest BCUT2D eigenvalue weighted by atomic mass is 10.2. The molecule has 24 heavy (non-hydrogen) atoms. The molecule has 2 aromatic rings. The van der Waals surface area contributed by atoms with Gasteiger partial charge in [-0.05, 0) is 30.7 Å². The third kappa shape index (κ3) is 4.21. The molecule has 1 atom stereocenters. The molecule has 1 aromatic heterocycles. The fourth-order valence-electron chi connectivity index (χ4n) is 2.40. The van der Waals surface area contributed by atoms with Crippen LogP contribution in [-0.4, -0.2) is 41.8 Å². The van der Waals surface area contributed by atoms with Crippen LogP contribution in [0.1, 0.15) is 16.9 Å². The number of anilines is 2. The number of benzene rings is 1. The third-order valence-corrected chi connectivity index (χ3v) is 5.60. The Kier molecular flexibility index (Phi) is 4.68. The van der Waals surface area contributed by atoms with Crippen LogP contribution in [0.2, 0.25) is 5.02 Å². The Bertz CT molecular complexity index is 855. The summed E-state index contributed by atoms with van der Waals surface area (Å²) < 4.78 is 22.9. The molecule has 1 aromatic carbocycles. The van der Waals surface area contributed by atoms with Crippen LogP contribution in [0.4, 0.5) is 11.5 Å². The molecule has 1 saturated heterocycles. The average Bonchev–Trinajstić information content (AvgIpc) is 2.88. The van der Waals surface area contributed by atoms with E-state index in [1.807, 2.05) is 0 Å². The van der Waals surface area contributed by atoms with Gasteiger partial charge in [-0.15, -0.1) is 0 Å². The van der Waals surface area contributed by atoms with Crippen LogP contribution < -0.4 is 10.6 Å². The fraction of sp³-hybridized carbons (Fsp3) is 0.267. The van der Waals surface area contributed by atoms with Gasteiger partial charge in [0.1, 0.15) is 17.8 Å². The van der Waals surface area contributed by atoms with Gasteiger partial charge in [0.05, 0.1) is 11.5 Å². The highest BCUT2D eigenvalue weighted by molar-refractivity contribution is 7.91. The molecule has 2 heterocycles. The van der Waals surface area contributed by atoms with Crippen LogP contribution in [0.3, 0.4) is 0 Å². The predicted molar refractivity (Wildman–Crippen MR) is 91.3 cm³/mol. The molecule has 1 amide bonds. The third-order valence-electron chi connectivity index (χ3n) is 3.58. The molecule has 9 heteroatoms. The minimum Gasteiger partial charge on any atom is -0.347 e. The van der Waals surface area contributed by atoms with Crippen molar-refractivity contribution >= 4 is 38.9 Å². The standard InChI is InChI=1S/C15H15ClN4O3S/c16-10-1-3-11(4-2-10)19-14-7-13(17-9-18-14)15(21)20-12-5-6-24(22,23)8-12/h1-4,7,9,12H,5-6,8H2,(H,20,21)(H,17,18,19). The highest BCUT2D eigenvalue weighted by atomic mass is 35.5. The van der Waals surface area contributed by atoms with E-state index in [4.69, 9.17) is 11.6 Å². The van der Waals surface area contributed by atoms with E-state index in [1.165, 1.54) is 12.4 Å². The predicted octanol–water partition coefficient (Wildman–Crippen LogP) is 1.79. The van der Waals surface area contributed by atoms with Crippen LogP contribution in [0.5, 0.6) is 0 Å². The minimum absolute atomic E-state index is 0.0281. The smallest absolute Gasteiger partial charge is 0.270 e. The van der Waals surface area contributed by atoms with Gasteiger partial charge in [-0.2, -0.15) is 0 Å². The highest BCUT2D eigenvalue weighted by Crippen LogP contribution is 2.18. The highest BCUT2D eigenvalue weighted by Gasteiger charge is 2.29. The Balaban J connectivity index is 1.68. The van der Waals surface area contributed by atoms with Gasteiger partial charge in [0.2, 0.25) is 0 Å². The molecular formula is C15H15ClN4O3S. The van der Waals surface area contributed by atoms with Gasteiger partial charge in [0.15, 0.2) is 9.84 Å². The van der Waals surface area contributed by atoms with Crippen LogP contribution in [-0.2, 0) is 9.84 Å². The molecule has 3 rings (SSSR count). The first-order valence-electron chi connectivity index (χ1n) is 7.27. The molecule has 0 aliphatic carbocycles. The number of sulfone groups is 1. The van der Waals surface area contributed by atoms with Gasteiger partial charge in [0.25, 0.3) is 5.91 Å². The largest absolute Gasteiger partial charge is 0.347 e. The number of halogens is 1. The van der Waals surface area contributed by atoms with E-state index < -0.39 is 15.7 Å². The molecule has 126 valence electrons. The van der Waals surface area contributed by atoms with Crippen molar-refractivity contribution < 1.29 is 13.2 Å². The summed E-state index contributed by atoms with van der Waals surface area (Å²) in [6.07, 6.45) is 1.70. The van der Waals surface area contributed by atoms with Crippen molar-refractivity contribution in [3.8, 4) is 0 Å². The van der Waals surface area contributed by atoms with Crippen molar-refractivity contribution in [1.82, 2.24) is 15.3 Å². The lowest BCUT2D eigenvalue weighted by molar-refractivity contribution is 0.0936. The van der Waals surface area contributed by atoms with E-state index in [-0.39, 0.29) is 23.2 Å². The van der Waals surface area contributed by atoms with Crippen molar-refractivity contribution in [2.45, 2.75) is 12.5 Å². The zero-order valence-electron chi connectivity index (χ0n) is 12.6. The van der Waals surface area contributed by atoms with Crippen molar-refractivity contribution in [2.75, 3.05) is 16.8 Å². The van der Waals surface area contributed by atoms with Gasteiger partial charge in [-0.1, -0.05) is 11.6 Å². The number of hydrogen-bond donors (Lipinski definition) is 2. The molecule has 1 aliphatic rings. The molecule has 7 nitrogen and oxygen atoms in total. The molecule has 1 unspecified atom stereocenters. The number of carbonyl (C=O) groups is 1. The van der Waals surface area contributed by atoms with Crippen LogP contribution in [0.25, 0.3) is 0 Å². The van der Waals surface area contributed by atoms with E-state index in [0.29, 0.717) is 17.3 Å². The quantitative estimate of drug-likeness (QED) is 0.855. The van der Waals surface area contributed by atoms with E-state index in [0.717, 1.165) is 5.69 Å². The van der Waals surface area contributed by atoms with Crippen molar-refractivity contribution in [3.05, 3.63) is 47.4 Å². The maximum atomic E-state index is 12.2. The number of hydrogen-bond acceptors (Lipinski definition) is 6. The Morgan fingerprint density at radius 2 is 1.96 bits per heavy atom. The second kappa shape index (κ2) is 6.74. The molecule has 0 bridgehead atoms. The molecular weight excluding hydrogens is 352 g/mol. The zero-order valence-corrected chi connectivity index (χ0v) is 14.1. The van der Waals surface area contributed by atoms with E-state index in [1.54, 1.807) is 24.3 Å². The first kappa shape index (κ1) is 16.7. The molecule has 2 N–H and O–H groups in total. The van der Waals surface area contributed by atoms with Gasteiger partial charge in [0, 0.05) is 22.8 Å². The maximum Gasteiger partial charge on any atom is 0.270 e. The monoisotopic (exact) mass is 366 g/mol. The first-order valence-corrected chi connectivity index (χ1v) is 9.47. The molecule has 1 aliphatic heterocycles. The van der Waals surface area contributed by atoms with Crippen molar-refractivity contribution in [2.24, 2.45) is 0 Å². The summed E-state index contributed by atoms with van der Waals surface area (Å²) >= 11 is 5.83. The second-order valence-corrected chi connectivity index (χ2v) is 8.16. The average molecular weight is 367 g/mol. The molecule has 0 spiro atoms. The maximum absolute atomic E-state index is 12.2.